The smallest absolute Gasteiger partial charge is 0.324 e. The summed E-state index contributed by atoms with van der Waals surface area (Å²) in [5.74, 6) is 0.677. The molecule has 0 saturated carbocycles. The van der Waals surface area contributed by atoms with Gasteiger partial charge in [-0.2, -0.15) is 4.98 Å². The lowest BCUT2D eigenvalue weighted by Gasteiger charge is -2.24. The van der Waals surface area contributed by atoms with Crippen LogP contribution in [0, 0.1) is 6.92 Å². The molecule has 5 nitrogen and oxygen atoms in total. The van der Waals surface area contributed by atoms with E-state index in [1.807, 2.05) is 11.8 Å². The molecule has 1 fully saturated rings. The molecule has 1 aromatic heterocycles. The van der Waals surface area contributed by atoms with Crippen LogP contribution in [0.1, 0.15) is 5.82 Å². The van der Waals surface area contributed by atoms with Crippen molar-refractivity contribution in [3.63, 3.8) is 0 Å². The van der Waals surface area contributed by atoms with Gasteiger partial charge in [0.15, 0.2) is 5.82 Å². The van der Waals surface area contributed by atoms with Gasteiger partial charge in [0.05, 0.1) is 13.2 Å². The molecule has 0 aromatic carbocycles. The van der Waals surface area contributed by atoms with Crippen LogP contribution in [0.2, 0.25) is 0 Å². The molecule has 66 valence electrons. The second-order valence-electron chi connectivity index (χ2n) is 2.72. The van der Waals surface area contributed by atoms with Gasteiger partial charge >= 0.3 is 6.01 Å². The Labute approximate surface area is 70.3 Å². The van der Waals surface area contributed by atoms with Crippen molar-refractivity contribution in [1.29, 1.82) is 0 Å². The van der Waals surface area contributed by atoms with Crippen LogP contribution in [0.25, 0.3) is 0 Å². The maximum absolute atomic E-state index is 5.20. The highest BCUT2D eigenvalue weighted by Crippen LogP contribution is 2.11. The molecule has 0 N–H and O–H groups in total. The number of aryl methyl sites for hydroxylation is 1. The number of hydrogen-bond donors (Lipinski definition) is 0. The Bertz CT molecular complexity index is 255. The molecule has 1 aliphatic heterocycles. The van der Waals surface area contributed by atoms with Crippen LogP contribution < -0.4 is 4.90 Å². The average molecular weight is 169 g/mol. The molecule has 0 unspecified atom stereocenters. The van der Waals surface area contributed by atoms with E-state index in [-0.39, 0.29) is 0 Å². The number of hydrogen-bond acceptors (Lipinski definition) is 5. The van der Waals surface area contributed by atoms with Crippen molar-refractivity contribution >= 4 is 6.01 Å². The monoisotopic (exact) mass is 169 g/mol. The highest BCUT2D eigenvalue weighted by Gasteiger charge is 2.15. The van der Waals surface area contributed by atoms with E-state index in [1.165, 1.54) is 0 Å². The van der Waals surface area contributed by atoms with Crippen molar-refractivity contribution in [3.8, 4) is 0 Å². The molecule has 0 bridgehead atoms. The zero-order valence-corrected chi connectivity index (χ0v) is 6.99. The van der Waals surface area contributed by atoms with Crippen LogP contribution in [0.3, 0.4) is 0 Å². The van der Waals surface area contributed by atoms with Crippen molar-refractivity contribution < 1.29 is 9.26 Å². The average Bonchev–Trinajstić information content (AvgIpc) is 2.54. The van der Waals surface area contributed by atoms with Crippen LogP contribution in [-0.4, -0.2) is 36.4 Å². The van der Waals surface area contributed by atoms with Gasteiger partial charge in [0.25, 0.3) is 0 Å². The zero-order chi connectivity index (χ0) is 8.39. The Morgan fingerprint density at radius 1 is 1.33 bits per heavy atom. The summed E-state index contributed by atoms with van der Waals surface area (Å²) in [6.07, 6.45) is 0. The predicted octanol–water partition coefficient (Wildman–Crippen LogP) is 0.215. The second-order valence-corrected chi connectivity index (χ2v) is 2.72. The van der Waals surface area contributed by atoms with Crippen LogP contribution in [0.15, 0.2) is 4.52 Å². The van der Waals surface area contributed by atoms with Gasteiger partial charge in [-0.1, -0.05) is 5.16 Å². The first-order valence-corrected chi connectivity index (χ1v) is 3.99. The third-order valence-corrected chi connectivity index (χ3v) is 1.80. The molecule has 1 aromatic rings. The summed E-state index contributed by atoms with van der Waals surface area (Å²) in [4.78, 5) is 6.16. The highest BCUT2D eigenvalue weighted by molar-refractivity contribution is 5.24. The molecule has 1 aliphatic rings. The fourth-order valence-electron chi connectivity index (χ4n) is 1.17. The number of anilines is 1. The lowest BCUT2D eigenvalue weighted by Crippen LogP contribution is -2.36. The van der Waals surface area contributed by atoms with Gasteiger partial charge in [-0.25, -0.2) is 0 Å². The van der Waals surface area contributed by atoms with E-state index >= 15 is 0 Å². The first-order chi connectivity index (χ1) is 5.86. The van der Waals surface area contributed by atoms with Gasteiger partial charge < -0.3 is 14.2 Å². The minimum Gasteiger partial charge on any atom is -0.378 e. The fraction of sp³-hybridized carbons (Fsp3) is 0.714. The molecule has 0 spiro atoms. The summed E-state index contributed by atoms with van der Waals surface area (Å²) in [6.45, 7) is 4.96. The number of ether oxygens (including phenoxy) is 1. The number of rotatable bonds is 1. The normalized spacial score (nSPS) is 18.2. The van der Waals surface area contributed by atoms with E-state index in [0.717, 1.165) is 26.3 Å². The standard InChI is InChI=1S/C7H11N3O2/c1-6-8-7(12-9-6)10-2-4-11-5-3-10/h2-5H2,1H3. The zero-order valence-electron chi connectivity index (χ0n) is 6.99. The summed E-state index contributed by atoms with van der Waals surface area (Å²) in [5.41, 5.74) is 0. The van der Waals surface area contributed by atoms with Gasteiger partial charge in [-0.05, 0) is 6.92 Å². The van der Waals surface area contributed by atoms with E-state index in [0.29, 0.717) is 11.8 Å². The van der Waals surface area contributed by atoms with E-state index in [4.69, 9.17) is 9.26 Å². The molecule has 0 radical (unpaired) electrons. The molecule has 2 heterocycles. The molecular formula is C7H11N3O2. The van der Waals surface area contributed by atoms with Crippen molar-refractivity contribution in [3.05, 3.63) is 5.82 Å². The minimum atomic E-state index is 0.607. The quantitative estimate of drug-likeness (QED) is 0.601. The largest absolute Gasteiger partial charge is 0.378 e. The van der Waals surface area contributed by atoms with Gasteiger partial charge in [-0.15, -0.1) is 0 Å². The van der Waals surface area contributed by atoms with E-state index in [9.17, 15) is 0 Å². The first kappa shape index (κ1) is 7.54. The summed E-state index contributed by atoms with van der Waals surface area (Å²) >= 11 is 0. The number of aromatic nitrogens is 2. The molecule has 5 heteroatoms. The van der Waals surface area contributed by atoms with Crippen molar-refractivity contribution in [1.82, 2.24) is 10.1 Å². The summed E-state index contributed by atoms with van der Waals surface area (Å²) in [7, 11) is 0. The maximum atomic E-state index is 5.20. The SMILES string of the molecule is Cc1noc(N2CCOCC2)n1. The Hall–Kier alpha value is -1.10. The Morgan fingerprint density at radius 2 is 2.08 bits per heavy atom. The van der Waals surface area contributed by atoms with Gasteiger partial charge in [0, 0.05) is 13.1 Å². The Kier molecular flexibility index (Phi) is 1.95. The summed E-state index contributed by atoms with van der Waals surface area (Å²) < 4.78 is 10.2. The van der Waals surface area contributed by atoms with Crippen LogP contribution in [0.4, 0.5) is 6.01 Å². The Balaban J connectivity index is 2.08. The number of nitrogens with zero attached hydrogens (tertiary/aromatic N) is 3. The molecular weight excluding hydrogens is 158 g/mol. The van der Waals surface area contributed by atoms with Crippen LogP contribution in [0.5, 0.6) is 0 Å². The molecule has 2 rings (SSSR count). The third-order valence-electron chi connectivity index (χ3n) is 1.80. The highest BCUT2D eigenvalue weighted by atomic mass is 16.5. The Morgan fingerprint density at radius 3 is 2.67 bits per heavy atom. The summed E-state index contributed by atoms with van der Waals surface area (Å²) in [5, 5.41) is 3.72. The first-order valence-electron chi connectivity index (χ1n) is 3.99. The van der Waals surface area contributed by atoms with Crippen LogP contribution >= 0.6 is 0 Å². The second kappa shape index (κ2) is 3.10. The maximum Gasteiger partial charge on any atom is 0.324 e. The fourth-order valence-corrected chi connectivity index (χ4v) is 1.17. The van der Waals surface area contributed by atoms with Gasteiger partial charge in [-0.3, -0.25) is 0 Å². The minimum absolute atomic E-state index is 0.607. The topological polar surface area (TPSA) is 51.4 Å². The van der Waals surface area contributed by atoms with Crippen LogP contribution in [-0.2, 0) is 4.74 Å². The van der Waals surface area contributed by atoms with E-state index in [1.54, 1.807) is 0 Å². The van der Waals surface area contributed by atoms with Crippen molar-refractivity contribution in [2.45, 2.75) is 6.92 Å². The number of morpholine rings is 1. The summed E-state index contributed by atoms with van der Waals surface area (Å²) in [6, 6.07) is 0.607. The van der Waals surface area contributed by atoms with Crippen molar-refractivity contribution in [2.75, 3.05) is 31.2 Å². The molecule has 0 atom stereocenters. The molecule has 0 aliphatic carbocycles. The van der Waals surface area contributed by atoms with Crippen molar-refractivity contribution in [2.24, 2.45) is 0 Å². The van der Waals surface area contributed by atoms with Gasteiger partial charge in [0.2, 0.25) is 0 Å². The third kappa shape index (κ3) is 1.40. The molecule has 1 saturated heterocycles. The predicted molar refractivity (Wildman–Crippen MR) is 42.1 cm³/mol. The van der Waals surface area contributed by atoms with E-state index in [2.05, 4.69) is 10.1 Å². The van der Waals surface area contributed by atoms with E-state index < -0.39 is 0 Å². The molecule has 0 amide bonds. The lowest BCUT2D eigenvalue weighted by atomic mass is 10.4. The lowest BCUT2D eigenvalue weighted by molar-refractivity contribution is 0.119. The molecule has 12 heavy (non-hydrogen) atoms. The van der Waals surface area contributed by atoms with Gasteiger partial charge in [0.1, 0.15) is 0 Å².